The highest BCUT2D eigenvalue weighted by atomic mass is 16.5. The van der Waals surface area contributed by atoms with Crippen LogP contribution in [0.5, 0.6) is 11.5 Å². The maximum absolute atomic E-state index is 12.9. The average molecular weight is 412 g/mol. The maximum atomic E-state index is 12.9. The first kappa shape index (κ1) is 20.6. The predicted octanol–water partition coefficient (Wildman–Crippen LogP) is 6.00. The van der Waals surface area contributed by atoms with E-state index < -0.39 is 0 Å². The van der Waals surface area contributed by atoms with Crippen molar-refractivity contribution in [2.45, 2.75) is 26.7 Å². The van der Waals surface area contributed by atoms with E-state index in [1.165, 1.54) is 5.56 Å². The molecular formula is C27H24O4. The second-order valence-electron chi connectivity index (χ2n) is 7.95. The van der Waals surface area contributed by atoms with Crippen LogP contribution in [0, 0.1) is 6.92 Å². The lowest BCUT2D eigenvalue weighted by atomic mass is 10.0. The van der Waals surface area contributed by atoms with Gasteiger partial charge in [0.25, 0.3) is 0 Å². The third-order valence-corrected chi connectivity index (χ3v) is 5.31. The lowest BCUT2D eigenvalue weighted by molar-refractivity contribution is 0.0920. The average Bonchev–Trinajstić information content (AvgIpc) is 3.08. The number of ether oxygens (including phenoxy) is 2. The van der Waals surface area contributed by atoms with Crippen LogP contribution in [0.1, 0.15) is 57.2 Å². The van der Waals surface area contributed by atoms with Gasteiger partial charge in [-0.2, -0.15) is 0 Å². The lowest BCUT2D eigenvalue weighted by Crippen LogP contribution is -2.11. The number of aryl methyl sites for hydroxylation is 1. The molecule has 1 aliphatic heterocycles. The van der Waals surface area contributed by atoms with Gasteiger partial charge in [-0.05, 0) is 41.7 Å². The zero-order valence-corrected chi connectivity index (χ0v) is 17.8. The molecule has 1 heterocycles. The van der Waals surface area contributed by atoms with Crippen molar-refractivity contribution >= 4 is 17.6 Å². The van der Waals surface area contributed by atoms with Crippen LogP contribution in [-0.2, 0) is 0 Å². The summed E-state index contributed by atoms with van der Waals surface area (Å²) in [5.74, 6) is 1.43. The van der Waals surface area contributed by atoms with Crippen LogP contribution >= 0.6 is 0 Å². The van der Waals surface area contributed by atoms with Crippen LogP contribution < -0.4 is 9.47 Å². The fraction of sp³-hybridized carbons (Fsp3) is 0.185. The molecule has 0 saturated carbocycles. The summed E-state index contributed by atoms with van der Waals surface area (Å²) in [6.07, 6.45) is 1.76. The van der Waals surface area contributed by atoms with Crippen molar-refractivity contribution in [3.05, 3.63) is 100 Å². The molecule has 0 fully saturated rings. The van der Waals surface area contributed by atoms with Crippen LogP contribution in [0.15, 0.2) is 72.5 Å². The van der Waals surface area contributed by atoms with E-state index in [-0.39, 0.29) is 23.9 Å². The number of hydrogen-bond donors (Lipinski definition) is 0. The molecule has 0 aromatic heterocycles. The molecule has 4 heteroatoms. The van der Waals surface area contributed by atoms with E-state index in [0.717, 1.165) is 11.1 Å². The third-order valence-electron chi connectivity index (χ3n) is 5.31. The molecule has 0 spiro atoms. The van der Waals surface area contributed by atoms with Crippen LogP contribution in [0.2, 0.25) is 0 Å². The van der Waals surface area contributed by atoms with Crippen molar-refractivity contribution in [2.24, 2.45) is 0 Å². The Hall–Kier alpha value is -3.66. The summed E-state index contributed by atoms with van der Waals surface area (Å²) in [5.41, 5.74) is 4.03. The molecule has 0 aliphatic carbocycles. The molecule has 31 heavy (non-hydrogen) atoms. The summed E-state index contributed by atoms with van der Waals surface area (Å²) in [5, 5.41) is 0. The van der Waals surface area contributed by atoms with Gasteiger partial charge in [-0.15, -0.1) is 0 Å². The van der Waals surface area contributed by atoms with Crippen LogP contribution in [-0.4, -0.2) is 18.2 Å². The number of carbonyl (C=O) groups is 2. The maximum Gasteiger partial charge on any atom is 0.232 e. The molecule has 0 bridgehead atoms. The van der Waals surface area contributed by atoms with Gasteiger partial charge in [0.1, 0.15) is 11.5 Å². The highest BCUT2D eigenvalue weighted by Crippen LogP contribution is 2.37. The van der Waals surface area contributed by atoms with Crippen LogP contribution in [0.25, 0.3) is 6.08 Å². The molecule has 1 aliphatic rings. The fourth-order valence-corrected chi connectivity index (χ4v) is 3.55. The topological polar surface area (TPSA) is 52.6 Å². The molecule has 0 saturated heterocycles. The first-order chi connectivity index (χ1) is 14.9. The SMILES string of the molecule is Cc1cc(OCC(=O)c2ccccc2)cc2c1C(=O)/C(=C/c1ccc(C(C)C)cc1)O2. The van der Waals surface area contributed by atoms with Gasteiger partial charge in [0, 0.05) is 11.6 Å². The van der Waals surface area contributed by atoms with Gasteiger partial charge in [0.2, 0.25) is 5.78 Å². The molecule has 4 rings (SSSR count). The summed E-state index contributed by atoms with van der Waals surface area (Å²) in [6.45, 7) is 6.04. The Kier molecular flexibility index (Phi) is 5.72. The Morgan fingerprint density at radius 1 is 1.03 bits per heavy atom. The summed E-state index contributed by atoms with van der Waals surface area (Å²) in [4.78, 5) is 25.2. The zero-order valence-electron chi connectivity index (χ0n) is 17.8. The normalized spacial score (nSPS) is 13.9. The molecule has 3 aromatic rings. The zero-order chi connectivity index (χ0) is 22.0. The summed E-state index contributed by atoms with van der Waals surface area (Å²) in [7, 11) is 0. The highest BCUT2D eigenvalue weighted by molar-refractivity contribution is 6.15. The standard InChI is InChI=1S/C27H24O4/c1-17(2)20-11-9-19(10-12-20)14-25-27(29)26-18(3)13-22(15-24(26)31-25)30-16-23(28)21-7-5-4-6-8-21/h4-15,17H,16H2,1-3H3/b25-14-. The van der Waals surface area contributed by atoms with E-state index in [2.05, 4.69) is 26.0 Å². The van der Waals surface area contributed by atoms with Crippen molar-refractivity contribution in [3.63, 3.8) is 0 Å². The first-order valence-corrected chi connectivity index (χ1v) is 10.3. The van der Waals surface area contributed by atoms with E-state index in [9.17, 15) is 9.59 Å². The molecule has 0 amide bonds. The van der Waals surface area contributed by atoms with E-state index in [1.807, 2.05) is 37.3 Å². The molecule has 0 unspecified atom stereocenters. The number of rotatable bonds is 6. The molecule has 0 atom stereocenters. The molecule has 0 radical (unpaired) electrons. The van der Waals surface area contributed by atoms with E-state index in [1.54, 1.807) is 30.3 Å². The molecule has 4 nitrogen and oxygen atoms in total. The number of fused-ring (bicyclic) bond motifs is 1. The largest absolute Gasteiger partial charge is 0.485 e. The Morgan fingerprint density at radius 2 is 1.74 bits per heavy atom. The minimum absolute atomic E-state index is 0.0823. The minimum Gasteiger partial charge on any atom is -0.485 e. The summed E-state index contributed by atoms with van der Waals surface area (Å²) in [6, 6.07) is 20.5. The van der Waals surface area contributed by atoms with Crippen molar-refractivity contribution in [2.75, 3.05) is 6.61 Å². The van der Waals surface area contributed by atoms with E-state index in [4.69, 9.17) is 9.47 Å². The Morgan fingerprint density at radius 3 is 2.42 bits per heavy atom. The van der Waals surface area contributed by atoms with Gasteiger partial charge in [0.05, 0.1) is 5.56 Å². The molecular weight excluding hydrogens is 388 g/mol. The predicted molar refractivity (Wildman–Crippen MR) is 121 cm³/mol. The van der Waals surface area contributed by atoms with E-state index in [0.29, 0.717) is 28.5 Å². The molecule has 156 valence electrons. The van der Waals surface area contributed by atoms with Crippen molar-refractivity contribution in [3.8, 4) is 11.5 Å². The number of ketones is 2. The third kappa shape index (κ3) is 4.43. The molecule has 0 N–H and O–H groups in total. The van der Waals surface area contributed by atoms with Gasteiger partial charge < -0.3 is 9.47 Å². The van der Waals surface area contributed by atoms with Crippen molar-refractivity contribution in [1.29, 1.82) is 0 Å². The second kappa shape index (κ2) is 8.60. The van der Waals surface area contributed by atoms with Gasteiger partial charge in [0.15, 0.2) is 18.1 Å². The number of hydrogen-bond acceptors (Lipinski definition) is 4. The van der Waals surface area contributed by atoms with E-state index >= 15 is 0 Å². The molecule has 3 aromatic carbocycles. The monoisotopic (exact) mass is 412 g/mol. The summed E-state index contributed by atoms with van der Waals surface area (Å²) >= 11 is 0. The number of allylic oxidation sites excluding steroid dienone is 1. The number of Topliss-reactive ketones (excluding diaryl/α,β-unsaturated/α-hetero) is 2. The number of carbonyl (C=O) groups excluding carboxylic acids is 2. The smallest absolute Gasteiger partial charge is 0.232 e. The Bertz CT molecular complexity index is 1160. The lowest BCUT2D eigenvalue weighted by Gasteiger charge is -2.08. The van der Waals surface area contributed by atoms with Gasteiger partial charge in [-0.25, -0.2) is 0 Å². The Labute approximate surface area is 182 Å². The van der Waals surface area contributed by atoms with Crippen LogP contribution in [0.3, 0.4) is 0 Å². The fourth-order valence-electron chi connectivity index (χ4n) is 3.55. The van der Waals surface area contributed by atoms with Crippen molar-refractivity contribution in [1.82, 2.24) is 0 Å². The quantitative estimate of drug-likeness (QED) is 0.368. The van der Waals surface area contributed by atoms with Crippen LogP contribution in [0.4, 0.5) is 0 Å². The first-order valence-electron chi connectivity index (χ1n) is 10.3. The highest BCUT2D eigenvalue weighted by Gasteiger charge is 2.30. The minimum atomic E-state index is -0.146. The van der Waals surface area contributed by atoms with Gasteiger partial charge in [-0.3, -0.25) is 9.59 Å². The second-order valence-corrected chi connectivity index (χ2v) is 7.95. The summed E-state index contributed by atoms with van der Waals surface area (Å²) < 4.78 is 11.6. The van der Waals surface area contributed by atoms with Gasteiger partial charge in [-0.1, -0.05) is 68.4 Å². The van der Waals surface area contributed by atoms with Gasteiger partial charge >= 0.3 is 0 Å². The Balaban J connectivity index is 1.51. The van der Waals surface area contributed by atoms with Crippen molar-refractivity contribution < 1.29 is 19.1 Å². The number of benzene rings is 3.